The first kappa shape index (κ1) is 7.71. The lowest BCUT2D eigenvalue weighted by atomic mass is 10.5. The summed E-state index contributed by atoms with van der Waals surface area (Å²) in [6.45, 7) is 0.308. The Morgan fingerprint density at radius 1 is 1.46 bits per heavy atom. The minimum Gasteiger partial charge on any atom is -0.342 e. The van der Waals surface area contributed by atoms with Crippen LogP contribution in [0.5, 0.6) is 0 Å². The molecule has 0 bridgehead atoms. The molecule has 2 aromatic rings. The number of H-pyrrole nitrogens is 1. The van der Waals surface area contributed by atoms with E-state index in [1.54, 1.807) is 12.5 Å². The molecule has 0 aliphatic carbocycles. The molecule has 64 valence electrons. The van der Waals surface area contributed by atoms with E-state index in [0.717, 1.165) is 5.52 Å². The lowest BCUT2D eigenvalue weighted by Gasteiger charge is -1.87. The summed E-state index contributed by atoms with van der Waals surface area (Å²) in [4.78, 5) is 15.0. The molecule has 0 unspecified atom stereocenters. The molecule has 0 fully saturated rings. The zero-order chi connectivity index (χ0) is 9.10. The van der Waals surface area contributed by atoms with Gasteiger partial charge in [0.25, 0.3) is 0 Å². The number of aromatic nitrogens is 4. The summed E-state index contributed by atoms with van der Waals surface area (Å²) in [6, 6.07) is 0. The molecule has 0 radical (unpaired) electrons. The van der Waals surface area contributed by atoms with Gasteiger partial charge in [-0.25, -0.2) is 9.97 Å². The van der Waals surface area contributed by atoms with Gasteiger partial charge in [-0.3, -0.25) is 0 Å². The van der Waals surface area contributed by atoms with Crippen LogP contribution in [0.4, 0.5) is 0 Å². The van der Waals surface area contributed by atoms with Crippen LogP contribution in [0.3, 0.4) is 0 Å². The first-order chi connectivity index (χ1) is 6.40. The summed E-state index contributed by atoms with van der Waals surface area (Å²) < 4.78 is 0. The van der Waals surface area contributed by atoms with E-state index >= 15 is 0 Å². The number of imidazole rings is 1. The van der Waals surface area contributed by atoms with Crippen molar-refractivity contribution in [3.8, 4) is 11.8 Å². The van der Waals surface area contributed by atoms with Gasteiger partial charge in [0.15, 0.2) is 5.65 Å². The van der Waals surface area contributed by atoms with Crippen LogP contribution in [-0.4, -0.2) is 26.5 Å². The van der Waals surface area contributed by atoms with Gasteiger partial charge in [0.2, 0.25) is 5.82 Å². The monoisotopic (exact) mass is 173 g/mol. The van der Waals surface area contributed by atoms with Gasteiger partial charge in [0.1, 0.15) is 5.52 Å². The normalized spacial score (nSPS) is 9.62. The number of aromatic amines is 1. The summed E-state index contributed by atoms with van der Waals surface area (Å²) in [6.07, 6.45) is 3.22. The molecule has 0 saturated carbocycles. The van der Waals surface area contributed by atoms with Crippen molar-refractivity contribution in [3.05, 3.63) is 18.3 Å². The molecule has 0 amide bonds. The van der Waals surface area contributed by atoms with Gasteiger partial charge < -0.3 is 10.7 Å². The molecule has 0 aliphatic heterocycles. The zero-order valence-electron chi connectivity index (χ0n) is 6.78. The third kappa shape index (κ3) is 1.48. The van der Waals surface area contributed by atoms with Crippen molar-refractivity contribution in [1.29, 1.82) is 0 Å². The second kappa shape index (κ2) is 3.21. The Morgan fingerprint density at radius 3 is 3.23 bits per heavy atom. The molecule has 2 rings (SSSR count). The Bertz CT molecular complexity index is 476. The third-order valence-electron chi connectivity index (χ3n) is 1.48. The fourth-order valence-electron chi connectivity index (χ4n) is 0.926. The Hall–Kier alpha value is -1.93. The van der Waals surface area contributed by atoms with E-state index in [9.17, 15) is 0 Å². The maximum Gasteiger partial charge on any atom is 0.207 e. The van der Waals surface area contributed by atoms with Crippen molar-refractivity contribution in [1.82, 2.24) is 19.9 Å². The smallest absolute Gasteiger partial charge is 0.207 e. The van der Waals surface area contributed by atoms with Crippen LogP contribution in [-0.2, 0) is 0 Å². The Labute approximate surface area is 74.4 Å². The molecule has 0 atom stereocenters. The van der Waals surface area contributed by atoms with Gasteiger partial charge in [-0.1, -0.05) is 5.92 Å². The number of nitrogens with two attached hydrogens (primary N) is 1. The van der Waals surface area contributed by atoms with Gasteiger partial charge in [-0.2, -0.15) is 4.98 Å². The molecule has 2 aromatic heterocycles. The fourth-order valence-corrected chi connectivity index (χ4v) is 0.926. The number of rotatable bonds is 0. The highest BCUT2D eigenvalue weighted by atomic mass is 15.0. The lowest BCUT2D eigenvalue weighted by molar-refractivity contribution is 1.15. The quantitative estimate of drug-likeness (QED) is 0.534. The van der Waals surface area contributed by atoms with Crippen LogP contribution in [0, 0.1) is 11.8 Å². The van der Waals surface area contributed by atoms with Crippen molar-refractivity contribution in [2.24, 2.45) is 5.73 Å². The van der Waals surface area contributed by atoms with E-state index in [0.29, 0.717) is 18.0 Å². The van der Waals surface area contributed by atoms with Crippen molar-refractivity contribution in [2.75, 3.05) is 6.54 Å². The predicted octanol–water partition coefficient (Wildman–Crippen LogP) is -0.337. The molecular formula is C8H7N5. The van der Waals surface area contributed by atoms with Crippen molar-refractivity contribution in [3.63, 3.8) is 0 Å². The Kier molecular flexibility index (Phi) is 1.90. The van der Waals surface area contributed by atoms with E-state index < -0.39 is 0 Å². The number of hydrogen-bond acceptors (Lipinski definition) is 4. The first-order valence-electron chi connectivity index (χ1n) is 3.75. The summed E-state index contributed by atoms with van der Waals surface area (Å²) in [5.41, 5.74) is 6.64. The fraction of sp³-hybridized carbons (Fsp3) is 0.125. The van der Waals surface area contributed by atoms with Crippen LogP contribution in [0.25, 0.3) is 11.2 Å². The summed E-state index contributed by atoms with van der Waals surface area (Å²) in [5, 5.41) is 0. The average molecular weight is 173 g/mol. The van der Waals surface area contributed by atoms with Crippen molar-refractivity contribution in [2.45, 2.75) is 0 Å². The standard InChI is InChI=1S/C8H7N5/c9-3-1-2-7-10-4-6-8(13-7)12-5-11-6/h4-5H,3,9H2,(H,10,11,12,13). The molecule has 0 aliphatic rings. The minimum absolute atomic E-state index is 0.308. The zero-order valence-corrected chi connectivity index (χ0v) is 6.78. The van der Waals surface area contributed by atoms with Crippen LogP contribution in [0.15, 0.2) is 12.5 Å². The molecule has 5 nitrogen and oxygen atoms in total. The molecule has 0 aromatic carbocycles. The topological polar surface area (TPSA) is 80.5 Å². The molecular weight excluding hydrogens is 166 g/mol. The lowest BCUT2D eigenvalue weighted by Crippen LogP contribution is -1.94. The molecule has 13 heavy (non-hydrogen) atoms. The van der Waals surface area contributed by atoms with Crippen molar-refractivity contribution >= 4 is 11.2 Å². The maximum atomic E-state index is 5.22. The van der Waals surface area contributed by atoms with E-state index in [1.807, 2.05) is 0 Å². The summed E-state index contributed by atoms with van der Waals surface area (Å²) in [7, 11) is 0. The molecule has 0 spiro atoms. The Morgan fingerprint density at radius 2 is 2.38 bits per heavy atom. The predicted molar refractivity (Wildman–Crippen MR) is 47.6 cm³/mol. The largest absolute Gasteiger partial charge is 0.342 e. The van der Waals surface area contributed by atoms with Gasteiger partial charge in [0.05, 0.1) is 19.1 Å². The molecule has 3 N–H and O–H groups in total. The number of nitrogens with one attached hydrogen (secondary N) is 1. The maximum absolute atomic E-state index is 5.22. The average Bonchev–Trinajstić information content (AvgIpc) is 2.61. The summed E-state index contributed by atoms with van der Waals surface area (Å²) >= 11 is 0. The van der Waals surface area contributed by atoms with Gasteiger partial charge in [-0.15, -0.1) is 0 Å². The number of hydrogen-bond donors (Lipinski definition) is 2. The summed E-state index contributed by atoms with van der Waals surface area (Å²) in [5.74, 6) is 5.86. The van der Waals surface area contributed by atoms with Gasteiger partial charge >= 0.3 is 0 Å². The van der Waals surface area contributed by atoms with E-state index in [-0.39, 0.29) is 0 Å². The van der Waals surface area contributed by atoms with E-state index in [1.165, 1.54) is 0 Å². The highest BCUT2D eigenvalue weighted by molar-refractivity contribution is 5.68. The molecule has 0 saturated heterocycles. The van der Waals surface area contributed by atoms with E-state index in [2.05, 4.69) is 31.8 Å². The first-order valence-corrected chi connectivity index (χ1v) is 3.75. The van der Waals surface area contributed by atoms with Crippen LogP contribution >= 0.6 is 0 Å². The number of nitrogens with zero attached hydrogens (tertiary/aromatic N) is 3. The highest BCUT2D eigenvalue weighted by Crippen LogP contribution is 2.02. The molecule has 5 heteroatoms. The van der Waals surface area contributed by atoms with Crippen molar-refractivity contribution < 1.29 is 0 Å². The second-order valence-corrected chi connectivity index (χ2v) is 2.34. The van der Waals surface area contributed by atoms with Gasteiger partial charge in [0, 0.05) is 0 Å². The van der Waals surface area contributed by atoms with E-state index in [4.69, 9.17) is 5.73 Å². The Balaban J connectivity index is 2.48. The van der Waals surface area contributed by atoms with Crippen LogP contribution in [0.2, 0.25) is 0 Å². The van der Waals surface area contributed by atoms with Crippen LogP contribution in [0.1, 0.15) is 5.82 Å². The minimum atomic E-state index is 0.308. The molecule has 2 heterocycles. The highest BCUT2D eigenvalue weighted by Gasteiger charge is 1.97. The van der Waals surface area contributed by atoms with Gasteiger partial charge in [-0.05, 0) is 5.92 Å². The number of fused-ring (bicyclic) bond motifs is 1. The SMILES string of the molecule is NCC#Cc1ncc2[nH]cnc2n1. The van der Waals surface area contributed by atoms with Crippen LogP contribution < -0.4 is 5.73 Å². The second-order valence-electron chi connectivity index (χ2n) is 2.34. The third-order valence-corrected chi connectivity index (χ3v) is 1.48.